The number of carbonyl (C=O) groups is 4. The van der Waals surface area contributed by atoms with Gasteiger partial charge in [0.15, 0.2) is 11.5 Å². The second-order valence-electron chi connectivity index (χ2n) is 16.2. The van der Waals surface area contributed by atoms with Crippen molar-refractivity contribution in [2.75, 3.05) is 88.3 Å². The van der Waals surface area contributed by atoms with Crippen LogP contribution in [0.5, 0.6) is 11.5 Å². The molecule has 0 aromatic heterocycles. The molecule has 4 aliphatic rings. The molecule has 4 heterocycles. The molecule has 0 bridgehead atoms. The molecule has 0 radical (unpaired) electrons. The van der Waals surface area contributed by atoms with Crippen molar-refractivity contribution in [3.8, 4) is 11.5 Å². The summed E-state index contributed by atoms with van der Waals surface area (Å²) < 4.78 is 36.4. The fraction of sp³-hybridized carbons (Fsp3) is 0.500. The Morgan fingerprint density at radius 1 is 0.814 bits per heavy atom. The number of imide groups is 2. The van der Waals surface area contributed by atoms with Crippen molar-refractivity contribution in [1.29, 1.82) is 0 Å². The van der Waals surface area contributed by atoms with Gasteiger partial charge in [-0.15, -0.1) is 0 Å². The molecule has 3 saturated heterocycles. The minimum atomic E-state index is -3.60. The molecule has 3 aromatic carbocycles. The maximum Gasteiger partial charge on any atom is 0.262 e. The normalized spacial score (nSPS) is 20.1. The number of nitrogens with zero attached hydrogens (tertiary/aromatic N) is 4. The number of piperidine rings is 2. The number of amides is 4. The van der Waals surface area contributed by atoms with Crippen LogP contribution in [0, 0.1) is 5.92 Å². The summed E-state index contributed by atoms with van der Waals surface area (Å²) in [6, 6.07) is 17.2. The molecule has 2 N–H and O–H groups in total. The Hall–Kier alpha value is -4.99. The highest BCUT2D eigenvalue weighted by molar-refractivity contribution is 7.90. The molecule has 4 aliphatic heterocycles. The molecule has 3 fully saturated rings. The van der Waals surface area contributed by atoms with Gasteiger partial charge in [0.05, 0.1) is 36.6 Å². The van der Waals surface area contributed by atoms with Crippen molar-refractivity contribution in [3.63, 3.8) is 0 Å². The predicted molar refractivity (Wildman–Crippen MR) is 226 cm³/mol. The van der Waals surface area contributed by atoms with E-state index in [0.29, 0.717) is 48.0 Å². The molecule has 59 heavy (non-hydrogen) atoms. The van der Waals surface area contributed by atoms with Crippen LogP contribution in [0.15, 0.2) is 60.7 Å². The summed E-state index contributed by atoms with van der Waals surface area (Å²) >= 11 is 0. The molecule has 15 heteroatoms. The van der Waals surface area contributed by atoms with Gasteiger partial charge < -0.3 is 29.5 Å². The predicted octanol–water partition coefficient (Wildman–Crippen LogP) is 4.16. The van der Waals surface area contributed by atoms with E-state index in [2.05, 4.69) is 37.5 Å². The van der Waals surface area contributed by atoms with Gasteiger partial charge in [-0.3, -0.25) is 29.4 Å². The highest BCUT2D eigenvalue weighted by Crippen LogP contribution is 2.38. The fourth-order valence-corrected chi connectivity index (χ4v) is 9.59. The smallest absolute Gasteiger partial charge is 0.262 e. The van der Waals surface area contributed by atoms with E-state index in [9.17, 15) is 27.6 Å². The summed E-state index contributed by atoms with van der Waals surface area (Å²) in [5.41, 5.74) is 4.08. The number of methoxy groups -OCH3 is 1. The van der Waals surface area contributed by atoms with E-state index in [0.717, 1.165) is 101 Å². The van der Waals surface area contributed by atoms with Gasteiger partial charge in [-0.2, -0.15) is 0 Å². The summed E-state index contributed by atoms with van der Waals surface area (Å²) in [5, 5.41) is 5.63. The zero-order valence-corrected chi connectivity index (χ0v) is 35.1. The number of hydrogen-bond donors (Lipinski definition) is 2. The topological polar surface area (TPSA) is 158 Å². The van der Waals surface area contributed by atoms with Crippen LogP contribution in [0.3, 0.4) is 0 Å². The lowest BCUT2D eigenvalue weighted by atomic mass is 9.92. The molecule has 0 spiro atoms. The minimum absolute atomic E-state index is 0.212. The van der Waals surface area contributed by atoms with E-state index < -0.39 is 33.4 Å². The Kier molecular flexibility index (Phi) is 13.2. The highest BCUT2D eigenvalue weighted by Gasteiger charge is 2.42. The third-order valence-corrected chi connectivity index (χ3v) is 13.0. The number of anilines is 2. The second kappa shape index (κ2) is 18.5. The number of ether oxygens (including phenoxy) is 2. The van der Waals surface area contributed by atoms with Crippen molar-refractivity contribution >= 4 is 44.8 Å². The van der Waals surface area contributed by atoms with Gasteiger partial charge in [-0.1, -0.05) is 18.2 Å². The van der Waals surface area contributed by atoms with E-state index in [4.69, 9.17) is 9.47 Å². The quantitative estimate of drug-likeness (QED) is 0.199. The number of nitrogens with one attached hydrogen (secondary N) is 2. The van der Waals surface area contributed by atoms with Crippen LogP contribution in [0.25, 0.3) is 0 Å². The molecular weight excluding hydrogens is 773 g/mol. The Labute approximate surface area is 347 Å². The van der Waals surface area contributed by atoms with Crippen LogP contribution >= 0.6 is 0 Å². The number of fused-ring (bicyclic) bond motifs is 1. The molecule has 2 atom stereocenters. The summed E-state index contributed by atoms with van der Waals surface area (Å²) in [7, 11) is -2.08. The van der Waals surface area contributed by atoms with Crippen molar-refractivity contribution in [2.24, 2.45) is 5.92 Å². The summed E-state index contributed by atoms with van der Waals surface area (Å²) in [5.74, 6) is -0.404. The zero-order valence-electron chi connectivity index (χ0n) is 34.3. The van der Waals surface area contributed by atoms with Gasteiger partial charge in [-0.05, 0) is 105 Å². The van der Waals surface area contributed by atoms with Gasteiger partial charge in [0.2, 0.25) is 11.8 Å². The molecule has 3 aromatic rings. The minimum Gasteiger partial charge on any atom is -0.493 e. The van der Waals surface area contributed by atoms with Crippen molar-refractivity contribution in [2.45, 2.75) is 57.5 Å². The lowest BCUT2D eigenvalue weighted by Crippen LogP contribution is -2.47. The Morgan fingerprint density at radius 3 is 2.17 bits per heavy atom. The molecule has 0 aliphatic carbocycles. The highest BCUT2D eigenvalue weighted by atomic mass is 32.2. The summed E-state index contributed by atoms with van der Waals surface area (Å²) in [4.78, 5) is 59.7. The van der Waals surface area contributed by atoms with Crippen molar-refractivity contribution in [3.05, 3.63) is 82.9 Å². The summed E-state index contributed by atoms with van der Waals surface area (Å²) in [6.07, 6.45) is 6.18. The first-order valence-corrected chi connectivity index (χ1v) is 22.8. The zero-order chi connectivity index (χ0) is 41.7. The number of benzene rings is 3. The van der Waals surface area contributed by atoms with Gasteiger partial charge in [-0.25, -0.2) is 8.42 Å². The number of piperazine rings is 1. The SMILES string of the molecule is CCOc1cc([C@@H](CS(C)(=O)=O)N2C(=O)c3ccc(N4CCC(CCN5CCN(CCc6ccc(NC7CCC(=O)NC7=O)cc6)CC5)CC4)cc3C2=O)ccc1OC. The average molecular weight is 829 g/mol. The maximum atomic E-state index is 14.0. The molecular formula is C44H56N6O8S. The first kappa shape index (κ1) is 42.1. The third kappa shape index (κ3) is 10.2. The Bertz CT molecular complexity index is 2130. The molecule has 1 unspecified atom stereocenters. The van der Waals surface area contributed by atoms with E-state index >= 15 is 0 Å². The lowest BCUT2D eigenvalue weighted by Gasteiger charge is -2.37. The van der Waals surface area contributed by atoms with Gasteiger partial charge >= 0.3 is 0 Å². The van der Waals surface area contributed by atoms with E-state index in [1.54, 1.807) is 30.3 Å². The summed E-state index contributed by atoms with van der Waals surface area (Å²) in [6.45, 7) is 10.2. The number of hydrogen-bond acceptors (Lipinski definition) is 12. The fourth-order valence-electron chi connectivity index (χ4n) is 8.67. The van der Waals surface area contributed by atoms with Gasteiger partial charge in [0.25, 0.3) is 11.8 Å². The number of rotatable bonds is 16. The van der Waals surface area contributed by atoms with Gasteiger partial charge in [0.1, 0.15) is 15.9 Å². The number of carbonyl (C=O) groups excluding carboxylic acids is 4. The molecule has 7 rings (SSSR count). The van der Waals surface area contributed by atoms with Crippen LogP contribution in [0.1, 0.15) is 76.9 Å². The van der Waals surface area contributed by atoms with Gasteiger partial charge in [0, 0.05) is 69.9 Å². The Balaban J connectivity index is 0.863. The van der Waals surface area contributed by atoms with E-state index in [-0.39, 0.29) is 23.4 Å². The number of sulfone groups is 1. The van der Waals surface area contributed by atoms with Crippen LogP contribution in [-0.2, 0) is 25.8 Å². The van der Waals surface area contributed by atoms with Crippen LogP contribution in [-0.4, -0.2) is 131 Å². The van der Waals surface area contributed by atoms with E-state index in [1.165, 1.54) is 12.7 Å². The molecule has 14 nitrogen and oxygen atoms in total. The lowest BCUT2D eigenvalue weighted by molar-refractivity contribution is -0.133. The second-order valence-corrected chi connectivity index (χ2v) is 18.3. The van der Waals surface area contributed by atoms with Crippen molar-refractivity contribution < 1.29 is 37.1 Å². The van der Waals surface area contributed by atoms with Crippen molar-refractivity contribution in [1.82, 2.24) is 20.0 Å². The standard InChI is InChI=1S/C44H56N6O8S/c1-4-58-40-27-32(7-13-39(40)57-2)38(29-59(3,55)56)50-43(53)35-11-10-34(28-36(35)44(50)54)49-21-17-31(18-22-49)16-20-48-25-23-47(24-26-48)19-15-30-5-8-33(9-6-30)45-37-12-14-41(51)46-42(37)52/h5-11,13,27-28,31,37-38,45H,4,12,14-26,29H2,1-3H3,(H,46,51,52)/t37?,38-/m1/s1. The first-order chi connectivity index (χ1) is 28.4. The molecule has 0 saturated carbocycles. The largest absolute Gasteiger partial charge is 0.493 e. The van der Waals surface area contributed by atoms with Crippen LogP contribution in [0.4, 0.5) is 11.4 Å². The maximum absolute atomic E-state index is 14.0. The molecule has 316 valence electrons. The first-order valence-electron chi connectivity index (χ1n) is 20.8. The third-order valence-electron chi connectivity index (χ3n) is 12.1. The monoisotopic (exact) mass is 828 g/mol. The van der Waals surface area contributed by atoms with Crippen LogP contribution < -0.4 is 25.0 Å². The van der Waals surface area contributed by atoms with Crippen LogP contribution in [0.2, 0.25) is 0 Å². The average Bonchev–Trinajstić information content (AvgIpc) is 3.48. The molecule has 4 amide bonds. The van der Waals surface area contributed by atoms with E-state index in [1.807, 2.05) is 25.1 Å². The Morgan fingerprint density at radius 2 is 1.51 bits per heavy atom.